The Morgan fingerprint density at radius 3 is 2.10 bits per heavy atom. The van der Waals surface area contributed by atoms with Gasteiger partial charge >= 0.3 is 0 Å². The lowest BCUT2D eigenvalue weighted by Crippen LogP contribution is -2.50. The minimum absolute atomic E-state index is 0.0572. The molecule has 0 amide bonds. The van der Waals surface area contributed by atoms with Gasteiger partial charge in [0.2, 0.25) is 0 Å². The molecular formula is C69H57BrN2. The fourth-order valence-electron chi connectivity index (χ4n) is 14.4. The molecule has 0 spiro atoms. The Bertz CT molecular complexity index is 3520. The quantitative estimate of drug-likeness (QED) is 0.147. The number of nitrogens with zero attached hydrogens (tertiary/aromatic N) is 2. The van der Waals surface area contributed by atoms with Crippen LogP contribution in [0.15, 0.2) is 270 Å². The third kappa shape index (κ3) is 6.32. The number of benzene rings is 6. The fourth-order valence-corrected chi connectivity index (χ4v) is 15.3. The number of halogens is 1. The van der Waals surface area contributed by atoms with Gasteiger partial charge in [0.25, 0.3) is 0 Å². The summed E-state index contributed by atoms with van der Waals surface area (Å²) in [5.74, 6) is 0.154. The normalized spacial score (nSPS) is 27.3. The van der Waals surface area contributed by atoms with Crippen LogP contribution in [-0.2, 0) is 17.3 Å². The lowest BCUT2D eigenvalue weighted by Gasteiger charge is -2.55. The first-order valence-corrected chi connectivity index (χ1v) is 27.2. The number of aryl methyl sites for hydroxylation is 1. The molecular weight excluding hydrogens is 937 g/mol. The molecule has 6 aromatic carbocycles. The van der Waals surface area contributed by atoms with E-state index in [1.54, 1.807) is 0 Å². The maximum absolute atomic E-state index is 4.76. The van der Waals surface area contributed by atoms with Gasteiger partial charge in [-0.2, -0.15) is 0 Å². The Balaban J connectivity index is 1.13. The first-order valence-electron chi connectivity index (χ1n) is 26.2. The maximum Gasteiger partial charge on any atom is 0.0691 e. The van der Waals surface area contributed by atoms with Gasteiger partial charge in [-0.05, 0) is 142 Å². The van der Waals surface area contributed by atoms with Crippen molar-refractivity contribution in [3.8, 4) is 0 Å². The van der Waals surface area contributed by atoms with Crippen molar-refractivity contribution < 1.29 is 0 Å². The highest BCUT2D eigenvalue weighted by atomic mass is 79.9. The van der Waals surface area contributed by atoms with Crippen molar-refractivity contribution in [2.75, 3.05) is 9.80 Å². The van der Waals surface area contributed by atoms with Gasteiger partial charge in [-0.25, -0.2) is 0 Å². The van der Waals surface area contributed by atoms with Gasteiger partial charge in [0, 0.05) is 40.0 Å². The van der Waals surface area contributed by atoms with Crippen LogP contribution in [0.25, 0.3) is 16.8 Å². The van der Waals surface area contributed by atoms with Gasteiger partial charge in [0.05, 0.1) is 22.3 Å². The molecule has 350 valence electrons. The second kappa shape index (κ2) is 17.2. The highest BCUT2D eigenvalue weighted by Crippen LogP contribution is 2.69. The van der Waals surface area contributed by atoms with Crippen LogP contribution in [-0.4, -0.2) is 16.9 Å². The van der Waals surface area contributed by atoms with Crippen molar-refractivity contribution in [3.63, 3.8) is 0 Å². The highest BCUT2D eigenvalue weighted by molar-refractivity contribution is 9.09. The first kappa shape index (κ1) is 43.6. The van der Waals surface area contributed by atoms with E-state index in [9.17, 15) is 0 Å². The third-order valence-electron chi connectivity index (χ3n) is 17.4. The number of para-hydroxylation sites is 3. The van der Waals surface area contributed by atoms with Gasteiger partial charge in [-0.1, -0.05) is 222 Å². The van der Waals surface area contributed by atoms with Crippen LogP contribution in [0.4, 0.5) is 17.1 Å². The summed E-state index contributed by atoms with van der Waals surface area (Å²) in [4.78, 5) is 5.26. The summed E-state index contributed by atoms with van der Waals surface area (Å²) in [6, 6.07) is 55.5. The summed E-state index contributed by atoms with van der Waals surface area (Å²) in [7, 11) is 0. The van der Waals surface area contributed by atoms with Gasteiger partial charge in [-0.15, -0.1) is 0 Å². The van der Waals surface area contributed by atoms with Crippen molar-refractivity contribution in [1.29, 1.82) is 0 Å². The molecule has 6 aromatic rings. The summed E-state index contributed by atoms with van der Waals surface area (Å²) >= 11 is 4.76. The molecule has 72 heavy (non-hydrogen) atoms. The average Bonchev–Trinajstić information content (AvgIpc) is 3.77. The summed E-state index contributed by atoms with van der Waals surface area (Å²) < 4.78 is 0. The fraction of sp³-hybridized carbons (Fsp3) is 0.188. The maximum atomic E-state index is 4.76. The number of allylic oxidation sites excluding steroid dienone is 16. The molecule has 0 radical (unpaired) electrons. The van der Waals surface area contributed by atoms with Gasteiger partial charge in [-0.3, -0.25) is 0 Å². The minimum atomic E-state index is -0.572. The van der Waals surface area contributed by atoms with Gasteiger partial charge in [0.15, 0.2) is 0 Å². The molecule has 0 fully saturated rings. The standard InChI is InChI=1S/C69H57BrN2/c1-68(48-24-7-2-8-25-48)58-37-21-22-38-60(58)72(53-32-15-6-16-33-53)67-57-36-20-19-35-56(57)64-63(65(67)68)62-59(43-44-61(66(62)70)71(51-28-11-4-12-29-51)52-30-13-5-14-31-52)69(64,49-26-9-3-10-27-49)50-41-42-55-47(45-50)40-39-46-23-17-18-34-54(46)55/h2-9,11-16,18-22,24-26,28-32,34-45,53,56-57,61,66H,10,17,23,27,33H2,1H3. The Morgan fingerprint density at radius 2 is 1.35 bits per heavy atom. The molecule has 8 aliphatic rings. The van der Waals surface area contributed by atoms with Gasteiger partial charge in [0.1, 0.15) is 0 Å². The number of fused-ring (bicyclic) bond motifs is 9. The molecule has 0 aromatic heterocycles. The predicted molar refractivity (Wildman–Crippen MR) is 305 cm³/mol. The molecule has 7 atom stereocenters. The van der Waals surface area contributed by atoms with Crippen molar-refractivity contribution in [2.24, 2.45) is 11.8 Å². The zero-order chi connectivity index (χ0) is 48.0. The lowest BCUT2D eigenvalue weighted by atomic mass is 9.54. The largest absolute Gasteiger partial charge is 0.337 e. The first-order chi connectivity index (χ1) is 35.6. The molecule has 0 saturated heterocycles. The van der Waals surface area contributed by atoms with Crippen LogP contribution in [0.5, 0.6) is 0 Å². The molecule has 1 heterocycles. The second-order valence-electron chi connectivity index (χ2n) is 20.9. The van der Waals surface area contributed by atoms with Crippen molar-refractivity contribution in [2.45, 2.75) is 66.8 Å². The van der Waals surface area contributed by atoms with Crippen molar-refractivity contribution >= 4 is 49.8 Å². The van der Waals surface area contributed by atoms with Crippen LogP contribution < -0.4 is 9.80 Å². The van der Waals surface area contributed by atoms with Crippen LogP contribution in [0, 0.1) is 11.8 Å². The number of hydrogen-bond acceptors (Lipinski definition) is 2. The number of anilines is 3. The topological polar surface area (TPSA) is 6.48 Å². The number of rotatable bonds is 7. The van der Waals surface area contributed by atoms with E-state index < -0.39 is 10.8 Å². The molecule has 14 rings (SSSR count). The van der Waals surface area contributed by atoms with E-state index in [2.05, 4.69) is 253 Å². The Labute approximate surface area is 433 Å². The van der Waals surface area contributed by atoms with Crippen LogP contribution in [0.3, 0.4) is 0 Å². The Morgan fingerprint density at radius 1 is 0.625 bits per heavy atom. The van der Waals surface area contributed by atoms with E-state index in [0.29, 0.717) is 0 Å². The summed E-state index contributed by atoms with van der Waals surface area (Å²) in [5.41, 5.74) is 19.5. The van der Waals surface area contributed by atoms with E-state index in [1.165, 1.54) is 94.8 Å². The Kier molecular flexibility index (Phi) is 10.4. The van der Waals surface area contributed by atoms with Crippen LogP contribution in [0.2, 0.25) is 0 Å². The van der Waals surface area contributed by atoms with Gasteiger partial charge < -0.3 is 9.80 Å². The zero-order valence-corrected chi connectivity index (χ0v) is 42.3. The minimum Gasteiger partial charge on any atom is -0.337 e. The monoisotopic (exact) mass is 992 g/mol. The van der Waals surface area contributed by atoms with Crippen LogP contribution >= 0.6 is 15.9 Å². The molecule has 0 N–H and O–H groups in total. The second-order valence-corrected chi connectivity index (χ2v) is 21.9. The van der Waals surface area contributed by atoms with Crippen molar-refractivity contribution in [1.82, 2.24) is 0 Å². The lowest BCUT2D eigenvalue weighted by molar-refractivity contribution is 0.468. The number of alkyl halides is 1. The van der Waals surface area contributed by atoms with Crippen molar-refractivity contribution in [3.05, 3.63) is 298 Å². The molecule has 0 bridgehead atoms. The van der Waals surface area contributed by atoms with E-state index in [-0.39, 0.29) is 28.7 Å². The molecule has 3 heteroatoms. The zero-order valence-electron chi connectivity index (χ0n) is 40.7. The summed E-state index contributed by atoms with van der Waals surface area (Å²) in [6.07, 6.45) is 41.4. The average molecular weight is 994 g/mol. The smallest absolute Gasteiger partial charge is 0.0691 e. The van der Waals surface area contributed by atoms with Crippen LogP contribution in [0.1, 0.15) is 60.4 Å². The summed E-state index contributed by atoms with van der Waals surface area (Å²) in [6.45, 7) is 2.56. The molecule has 7 aliphatic carbocycles. The SMILES string of the molecule is CC1(c2ccccc2)C2=C(C3C=CC=CC3C3=C2C2=C(C=CC(N(c4ccccc4)c4ccccc4)C2Br)C3(C2=CC=CCC2)c2ccc3c4c(ccc3c2)CCC=C4)N(C2C=CC=CC2)c2ccccc21. The van der Waals surface area contributed by atoms with E-state index >= 15 is 0 Å². The Hall–Kier alpha value is -7.20. The summed E-state index contributed by atoms with van der Waals surface area (Å²) in [5, 5.41) is 2.65. The molecule has 0 saturated carbocycles. The molecule has 7 unspecified atom stereocenters. The van der Waals surface area contributed by atoms with E-state index in [1.807, 2.05) is 0 Å². The van der Waals surface area contributed by atoms with E-state index in [0.717, 1.165) is 32.1 Å². The number of hydrogen-bond donors (Lipinski definition) is 0. The predicted octanol–water partition coefficient (Wildman–Crippen LogP) is 16.8. The highest BCUT2D eigenvalue weighted by Gasteiger charge is 2.61. The molecule has 2 nitrogen and oxygen atoms in total. The third-order valence-corrected chi connectivity index (χ3v) is 18.4. The van der Waals surface area contributed by atoms with E-state index in [4.69, 9.17) is 15.9 Å². The molecule has 1 aliphatic heterocycles.